The monoisotopic (exact) mass is 294 g/mol. The average molecular weight is 294 g/mol. The minimum Gasteiger partial charge on any atom is -0.459 e. The molecule has 20 heavy (non-hydrogen) atoms. The Labute approximate surface area is 119 Å². The van der Waals surface area contributed by atoms with E-state index in [4.69, 9.17) is 10.2 Å². The second-order valence-electron chi connectivity index (χ2n) is 3.91. The van der Waals surface area contributed by atoms with Gasteiger partial charge < -0.3 is 15.5 Å². The van der Waals surface area contributed by atoms with Crippen LogP contribution in [-0.4, -0.2) is 21.6 Å². The van der Waals surface area contributed by atoms with E-state index >= 15 is 0 Å². The second kappa shape index (κ2) is 6.29. The molecule has 7 nitrogen and oxygen atoms in total. The smallest absolute Gasteiger partial charge is 0.291 e. The molecule has 0 aliphatic carbocycles. The van der Waals surface area contributed by atoms with Crippen LogP contribution in [0.4, 0.5) is 11.5 Å². The number of nitrogens with two attached hydrogens (primary N) is 1. The van der Waals surface area contributed by atoms with Crippen molar-refractivity contribution in [2.45, 2.75) is 18.5 Å². The molecule has 2 heterocycles. The summed E-state index contributed by atoms with van der Waals surface area (Å²) >= 11 is 1.40. The first-order valence-electron chi connectivity index (χ1n) is 5.99. The Hall–Kier alpha value is -2.22. The highest BCUT2D eigenvalue weighted by Crippen LogP contribution is 2.17. The zero-order valence-corrected chi connectivity index (χ0v) is 11.6. The molecule has 4 N–H and O–H groups in total. The lowest BCUT2D eigenvalue weighted by molar-refractivity contribution is 0.0996. The molecule has 8 heteroatoms. The Balaban J connectivity index is 2.20. The Morgan fingerprint density at radius 1 is 1.60 bits per heavy atom. The van der Waals surface area contributed by atoms with E-state index in [-0.39, 0.29) is 17.3 Å². The molecular formula is C12H14N4O3S. The maximum Gasteiger partial charge on any atom is 0.291 e. The summed E-state index contributed by atoms with van der Waals surface area (Å²) in [5.41, 5.74) is 5.14. The quantitative estimate of drug-likeness (QED) is 0.571. The number of carbonyl (C=O) groups excluding carboxylic acids is 1. The van der Waals surface area contributed by atoms with Crippen LogP contribution in [0.3, 0.4) is 0 Å². The Kier molecular flexibility index (Phi) is 4.46. The van der Waals surface area contributed by atoms with Gasteiger partial charge in [-0.1, -0.05) is 18.7 Å². The molecule has 106 valence electrons. The standard InChI is InChI=1S/C12H14N4O3S/c1-2-6-20-12-15-9(13)8(11(18)16-12)14-10(17)7-4-3-5-19-7/h3-5H,2,6H2,1H3,(H,14,17)(H3,13,15,16,18). The predicted molar refractivity (Wildman–Crippen MR) is 76.9 cm³/mol. The van der Waals surface area contributed by atoms with E-state index < -0.39 is 11.5 Å². The number of nitrogens with one attached hydrogen (secondary N) is 2. The number of hydrogen-bond donors (Lipinski definition) is 3. The lowest BCUT2D eigenvalue weighted by atomic mass is 10.4. The molecule has 0 unspecified atom stereocenters. The molecule has 0 saturated carbocycles. The van der Waals surface area contributed by atoms with Crippen molar-refractivity contribution in [1.29, 1.82) is 0 Å². The van der Waals surface area contributed by atoms with E-state index in [1.807, 2.05) is 6.92 Å². The van der Waals surface area contributed by atoms with E-state index in [1.165, 1.54) is 24.1 Å². The molecule has 1 amide bonds. The number of hydrogen-bond acceptors (Lipinski definition) is 6. The largest absolute Gasteiger partial charge is 0.459 e. The van der Waals surface area contributed by atoms with Gasteiger partial charge in [0.1, 0.15) is 0 Å². The van der Waals surface area contributed by atoms with Crippen molar-refractivity contribution in [3.05, 3.63) is 34.5 Å². The molecule has 0 aliphatic rings. The average Bonchev–Trinajstić information content (AvgIpc) is 2.94. The first-order chi connectivity index (χ1) is 9.61. The van der Waals surface area contributed by atoms with Crippen LogP contribution in [0.25, 0.3) is 0 Å². The fourth-order valence-corrected chi connectivity index (χ4v) is 2.17. The predicted octanol–water partition coefficient (Wildman–Crippen LogP) is 1.70. The van der Waals surface area contributed by atoms with Crippen LogP contribution in [-0.2, 0) is 0 Å². The molecule has 2 aromatic heterocycles. The van der Waals surface area contributed by atoms with Crippen molar-refractivity contribution in [3.63, 3.8) is 0 Å². The van der Waals surface area contributed by atoms with Crippen molar-refractivity contribution < 1.29 is 9.21 Å². The first kappa shape index (κ1) is 14.2. The zero-order chi connectivity index (χ0) is 14.5. The normalized spacial score (nSPS) is 10.4. The third-order valence-electron chi connectivity index (χ3n) is 2.35. The highest BCUT2D eigenvalue weighted by Gasteiger charge is 2.15. The third-order valence-corrected chi connectivity index (χ3v) is 3.43. The van der Waals surface area contributed by atoms with E-state index in [2.05, 4.69) is 15.3 Å². The summed E-state index contributed by atoms with van der Waals surface area (Å²) in [6.45, 7) is 2.02. The number of nitrogens with zero attached hydrogens (tertiary/aromatic N) is 1. The molecule has 0 aromatic carbocycles. The van der Waals surface area contributed by atoms with Crippen LogP contribution in [0.15, 0.2) is 32.8 Å². The van der Waals surface area contributed by atoms with Gasteiger partial charge in [-0.15, -0.1) is 0 Å². The van der Waals surface area contributed by atoms with Gasteiger partial charge in [0.05, 0.1) is 6.26 Å². The molecule has 0 atom stereocenters. The van der Waals surface area contributed by atoms with Gasteiger partial charge in [-0.05, 0) is 18.6 Å². The fraction of sp³-hybridized carbons (Fsp3) is 0.250. The molecule has 0 radical (unpaired) electrons. The highest BCUT2D eigenvalue weighted by molar-refractivity contribution is 7.99. The summed E-state index contributed by atoms with van der Waals surface area (Å²) in [5.74, 6) is 0.337. The number of nitrogen functional groups attached to an aromatic ring is 1. The van der Waals surface area contributed by atoms with Crippen LogP contribution < -0.4 is 16.6 Å². The van der Waals surface area contributed by atoms with Crippen LogP contribution in [0.5, 0.6) is 0 Å². The number of thioether (sulfide) groups is 1. The lowest BCUT2D eigenvalue weighted by Crippen LogP contribution is -2.22. The van der Waals surface area contributed by atoms with E-state index in [0.29, 0.717) is 5.16 Å². The minimum absolute atomic E-state index is 0.0211. The number of rotatable bonds is 5. The van der Waals surface area contributed by atoms with Gasteiger partial charge in [0.25, 0.3) is 11.5 Å². The van der Waals surface area contributed by atoms with Crippen LogP contribution in [0.2, 0.25) is 0 Å². The summed E-state index contributed by atoms with van der Waals surface area (Å²) in [6.07, 6.45) is 2.32. The third kappa shape index (κ3) is 3.21. The summed E-state index contributed by atoms with van der Waals surface area (Å²) < 4.78 is 4.93. The highest BCUT2D eigenvalue weighted by atomic mass is 32.2. The van der Waals surface area contributed by atoms with Gasteiger partial charge in [-0.3, -0.25) is 14.6 Å². The van der Waals surface area contributed by atoms with E-state index in [1.54, 1.807) is 6.07 Å². The molecule has 0 saturated heterocycles. The fourth-order valence-electron chi connectivity index (χ4n) is 1.44. The number of amides is 1. The second-order valence-corrected chi connectivity index (χ2v) is 4.99. The molecule has 2 aromatic rings. The van der Waals surface area contributed by atoms with Crippen molar-refractivity contribution in [1.82, 2.24) is 9.97 Å². The van der Waals surface area contributed by atoms with Gasteiger partial charge in [0, 0.05) is 5.75 Å². The number of carbonyl (C=O) groups is 1. The van der Waals surface area contributed by atoms with E-state index in [0.717, 1.165) is 12.2 Å². The van der Waals surface area contributed by atoms with Crippen molar-refractivity contribution in [2.75, 3.05) is 16.8 Å². The minimum atomic E-state index is -0.553. The number of furan rings is 1. The Morgan fingerprint density at radius 2 is 2.40 bits per heavy atom. The Bertz CT molecular complexity index is 651. The van der Waals surface area contributed by atoms with Crippen molar-refractivity contribution in [3.8, 4) is 0 Å². The molecule has 2 rings (SSSR count). The molecule has 0 fully saturated rings. The van der Waals surface area contributed by atoms with Crippen molar-refractivity contribution in [2.24, 2.45) is 0 Å². The Morgan fingerprint density at radius 3 is 3.00 bits per heavy atom. The topological polar surface area (TPSA) is 114 Å². The summed E-state index contributed by atoms with van der Waals surface area (Å²) in [6, 6.07) is 3.06. The van der Waals surface area contributed by atoms with E-state index in [9.17, 15) is 9.59 Å². The van der Waals surface area contributed by atoms with Gasteiger partial charge in [0.2, 0.25) is 0 Å². The summed E-state index contributed by atoms with van der Waals surface area (Å²) in [5, 5.41) is 2.83. The maximum absolute atomic E-state index is 11.9. The zero-order valence-electron chi connectivity index (χ0n) is 10.8. The van der Waals surface area contributed by atoms with Gasteiger partial charge in [0.15, 0.2) is 22.4 Å². The molecule has 0 spiro atoms. The van der Waals surface area contributed by atoms with Gasteiger partial charge in [-0.2, -0.15) is 0 Å². The number of aromatic amines is 1. The first-order valence-corrected chi connectivity index (χ1v) is 6.97. The number of H-pyrrole nitrogens is 1. The maximum atomic E-state index is 11.9. The summed E-state index contributed by atoms with van der Waals surface area (Å²) in [7, 11) is 0. The van der Waals surface area contributed by atoms with Crippen LogP contribution in [0, 0.1) is 0 Å². The van der Waals surface area contributed by atoms with Gasteiger partial charge >= 0.3 is 0 Å². The van der Waals surface area contributed by atoms with Gasteiger partial charge in [-0.25, -0.2) is 4.98 Å². The van der Waals surface area contributed by atoms with Crippen LogP contribution >= 0.6 is 11.8 Å². The van der Waals surface area contributed by atoms with Crippen molar-refractivity contribution >= 4 is 29.2 Å². The SMILES string of the molecule is CCCSc1nc(N)c(NC(=O)c2ccco2)c(=O)[nH]1. The van der Waals surface area contributed by atoms with Crippen LogP contribution in [0.1, 0.15) is 23.9 Å². The lowest BCUT2D eigenvalue weighted by Gasteiger charge is -2.07. The molecule has 0 bridgehead atoms. The number of aromatic nitrogens is 2. The molecular weight excluding hydrogens is 280 g/mol. The number of anilines is 2. The molecule has 0 aliphatic heterocycles. The summed E-state index contributed by atoms with van der Waals surface area (Å²) in [4.78, 5) is 30.3.